The summed E-state index contributed by atoms with van der Waals surface area (Å²) in [5, 5.41) is 10.5. The highest BCUT2D eigenvalue weighted by molar-refractivity contribution is 5.95. The van der Waals surface area contributed by atoms with Gasteiger partial charge in [0.25, 0.3) is 0 Å². The van der Waals surface area contributed by atoms with Crippen molar-refractivity contribution in [3.05, 3.63) is 72.9 Å². The van der Waals surface area contributed by atoms with Crippen molar-refractivity contribution in [1.29, 1.82) is 0 Å². The van der Waals surface area contributed by atoms with E-state index in [-0.39, 0.29) is 11.7 Å². The number of carbonyl (C=O) groups is 1. The molecule has 1 amide bonds. The van der Waals surface area contributed by atoms with Crippen LogP contribution < -0.4 is 5.32 Å². The standard InChI is InChI=1S/C31H27FN8O/c32-22-9-5-4-8-21(22)27-28-24(12-13-34-27)37-31(38-28)30-29-25(39-40-30)11-10-23(36-29)19-15-20(17-33-16-19)35-26(41)14-18-6-2-1-3-7-18/h4-5,8-13,15-18H,1-3,6-7,14H2,(H,35,41)(H,37,38)(H,39,40). The number of hydrogen-bond donors (Lipinski definition) is 3. The van der Waals surface area contributed by atoms with E-state index in [1.54, 1.807) is 42.9 Å². The second-order valence-corrected chi connectivity index (χ2v) is 10.5. The molecule has 1 aliphatic rings. The summed E-state index contributed by atoms with van der Waals surface area (Å²) < 4.78 is 14.6. The molecule has 0 bridgehead atoms. The summed E-state index contributed by atoms with van der Waals surface area (Å²) >= 11 is 0. The molecule has 0 unspecified atom stereocenters. The normalized spacial score (nSPS) is 14.1. The van der Waals surface area contributed by atoms with Crippen molar-refractivity contribution in [1.82, 2.24) is 35.1 Å². The Morgan fingerprint density at radius 1 is 0.951 bits per heavy atom. The van der Waals surface area contributed by atoms with Gasteiger partial charge in [-0.15, -0.1) is 0 Å². The van der Waals surface area contributed by atoms with Crippen molar-refractivity contribution in [3.63, 3.8) is 0 Å². The number of halogens is 1. The zero-order valence-corrected chi connectivity index (χ0v) is 22.2. The Kier molecular flexibility index (Phi) is 6.42. The number of H-pyrrole nitrogens is 2. The fourth-order valence-electron chi connectivity index (χ4n) is 5.64. The Balaban J connectivity index is 1.20. The van der Waals surface area contributed by atoms with Gasteiger partial charge in [-0.3, -0.25) is 19.9 Å². The summed E-state index contributed by atoms with van der Waals surface area (Å²) in [6, 6.07) is 14.0. The molecule has 1 fully saturated rings. The minimum atomic E-state index is -0.366. The molecule has 0 atom stereocenters. The number of anilines is 1. The maximum absolute atomic E-state index is 14.6. The number of rotatable bonds is 6. The lowest BCUT2D eigenvalue weighted by Crippen LogP contribution is -2.18. The van der Waals surface area contributed by atoms with E-state index in [0.717, 1.165) is 23.9 Å². The van der Waals surface area contributed by atoms with E-state index in [0.29, 0.717) is 63.0 Å². The first kappa shape index (κ1) is 25.0. The molecule has 5 heterocycles. The first-order valence-corrected chi connectivity index (χ1v) is 13.8. The highest BCUT2D eigenvalue weighted by Crippen LogP contribution is 2.32. The predicted molar refractivity (Wildman–Crippen MR) is 155 cm³/mol. The van der Waals surface area contributed by atoms with Gasteiger partial charge in [0.15, 0.2) is 11.5 Å². The number of hydrogen-bond acceptors (Lipinski definition) is 6. The third-order valence-corrected chi connectivity index (χ3v) is 7.68. The van der Waals surface area contributed by atoms with Gasteiger partial charge in [-0.1, -0.05) is 31.4 Å². The minimum absolute atomic E-state index is 0.0190. The Morgan fingerprint density at radius 2 is 1.80 bits per heavy atom. The maximum atomic E-state index is 14.6. The number of imidazole rings is 1. The number of aromatic amines is 2. The van der Waals surface area contributed by atoms with Gasteiger partial charge in [0.2, 0.25) is 5.91 Å². The van der Waals surface area contributed by atoms with Crippen LogP contribution in [0.1, 0.15) is 38.5 Å². The van der Waals surface area contributed by atoms with Crippen molar-refractivity contribution in [2.45, 2.75) is 38.5 Å². The molecule has 1 saturated carbocycles. The average molecular weight is 547 g/mol. The van der Waals surface area contributed by atoms with Gasteiger partial charge < -0.3 is 10.3 Å². The van der Waals surface area contributed by atoms with Crippen molar-refractivity contribution in [2.24, 2.45) is 5.92 Å². The molecule has 1 aliphatic carbocycles. The van der Waals surface area contributed by atoms with E-state index in [4.69, 9.17) is 9.97 Å². The Labute approximate surface area is 234 Å². The number of aromatic nitrogens is 7. The molecule has 0 radical (unpaired) electrons. The number of pyridine rings is 3. The van der Waals surface area contributed by atoms with E-state index in [1.807, 2.05) is 18.2 Å². The number of benzene rings is 1. The van der Waals surface area contributed by atoms with Crippen molar-refractivity contribution in [2.75, 3.05) is 5.32 Å². The molecule has 41 heavy (non-hydrogen) atoms. The largest absolute Gasteiger partial charge is 0.336 e. The molecule has 0 saturated heterocycles. The van der Waals surface area contributed by atoms with Crippen LogP contribution in [-0.2, 0) is 4.79 Å². The monoisotopic (exact) mass is 546 g/mol. The van der Waals surface area contributed by atoms with Gasteiger partial charge >= 0.3 is 0 Å². The molecule has 5 aromatic heterocycles. The molecule has 6 aromatic rings. The van der Waals surface area contributed by atoms with Crippen LogP contribution in [0.3, 0.4) is 0 Å². The lowest BCUT2D eigenvalue weighted by atomic mass is 9.87. The molecule has 9 nitrogen and oxygen atoms in total. The van der Waals surface area contributed by atoms with Gasteiger partial charge in [0, 0.05) is 29.9 Å². The van der Waals surface area contributed by atoms with E-state index in [2.05, 4.69) is 30.5 Å². The summed E-state index contributed by atoms with van der Waals surface area (Å²) in [5.74, 6) is 0.601. The zero-order valence-electron chi connectivity index (χ0n) is 22.2. The minimum Gasteiger partial charge on any atom is -0.336 e. The Bertz CT molecular complexity index is 1890. The molecular formula is C31H27FN8O. The van der Waals surface area contributed by atoms with Gasteiger partial charge in [-0.25, -0.2) is 14.4 Å². The third kappa shape index (κ3) is 4.93. The zero-order chi connectivity index (χ0) is 27.8. The summed E-state index contributed by atoms with van der Waals surface area (Å²) in [7, 11) is 0. The van der Waals surface area contributed by atoms with Crippen molar-refractivity contribution in [3.8, 4) is 34.0 Å². The lowest BCUT2D eigenvalue weighted by Gasteiger charge is -2.20. The second-order valence-electron chi connectivity index (χ2n) is 10.5. The number of carbonyl (C=O) groups excluding carboxylic acids is 1. The molecular weight excluding hydrogens is 519 g/mol. The van der Waals surface area contributed by atoms with Crippen LogP contribution in [0.25, 0.3) is 56.1 Å². The average Bonchev–Trinajstić information content (AvgIpc) is 3.62. The summed E-state index contributed by atoms with van der Waals surface area (Å²) in [6.45, 7) is 0. The first-order chi connectivity index (χ1) is 20.1. The Morgan fingerprint density at radius 3 is 2.68 bits per heavy atom. The smallest absolute Gasteiger partial charge is 0.224 e. The van der Waals surface area contributed by atoms with Crippen LogP contribution in [0, 0.1) is 11.7 Å². The molecule has 0 aliphatic heterocycles. The quantitative estimate of drug-likeness (QED) is 0.214. The molecule has 3 N–H and O–H groups in total. The number of nitrogens with one attached hydrogen (secondary N) is 3. The van der Waals surface area contributed by atoms with Crippen molar-refractivity contribution < 1.29 is 9.18 Å². The van der Waals surface area contributed by atoms with Gasteiger partial charge in [-0.2, -0.15) is 5.10 Å². The number of nitrogens with zero attached hydrogens (tertiary/aromatic N) is 5. The third-order valence-electron chi connectivity index (χ3n) is 7.68. The highest BCUT2D eigenvalue weighted by atomic mass is 19.1. The van der Waals surface area contributed by atoms with E-state index in [9.17, 15) is 9.18 Å². The van der Waals surface area contributed by atoms with Crippen LogP contribution in [0.15, 0.2) is 67.1 Å². The fraction of sp³-hybridized carbons (Fsp3) is 0.226. The van der Waals surface area contributed by atoms with Crippen LogP contribution >= 0.6 is 0 Å². The fourth-order valence-corrected chi connectivity index (χ4v) is 5.64. The lowest BCUT2D eigenvalue weighted by molar-refractivity contribution is -0.117. The molecule has 0 spiro atoms. The van der Waals surface area contributed by atoms with E-state index in [1.165, 1.54) is 25.3 Å². The molecule has 10 heteroatoms. The highest BCUT2D eigenvalue weighted by Gasteiger charge is 2.20. The molecule has 1 aromatic carbocycles. The predicted octanol–water partition coefficient (Wildman–Crippen LogP) is 6.67. The van der Waals surface area contributed by atoms with E-state index < -0.39 is 0 Å². The van der Waals surface area contributed by atoms with Crippen LogP contribution in [0.5, 0.6) is 0 Å². The SMILES string of the molecule is O=C(CC1CCCCC1)Nc1cncc(-c2ccc3[nH]nc(-c4nc5c(-c6ccccc6F)nccc5[nH]4)c3n2)c1. The number of fused-ring (bicyclic) bond motifs is 2. The first-order valence-electron chi connectivity index (χ1n) is 13.8. The van der Waals surface area contributed by atoms with Crippen LogP contribution in [0.4, 0.5) is 10.1 Å². The van der Waals surface area contributed by atoms with Crippen LogP contribution in [0.2, 0.25) is 0 Å². The van der Waals surface area contributed by atoms with E-state index >= 15 is 0 Å². The maximum Gasteiger partial charge on any atom is 0.224 e. The summed E-state index contributed by atoms with van der Waals surface area (Å²) in [6.07, 6.45) is 11.5. The second kappa shape index (κ2) is 10.5. The summed E-state index contributed by atoms with van der Waals surface area (Å²) in [4.78, 5) is 34.3. The Hall–Kier alpha value is -4.99. The number of amides is 1. The van der Waals surface area contributed by atoms with Gasteiger partial charge in [-0.05, 0) is 55.2 Å². The van der Waals surface area contributed by atoms with Gasteiger partial charge in [0.1, 0.15) is 22.5 Å². The summed E-state index contributed by atoms with van der Waals surface area (Å²) in [5.41, 5.74) is 6.06. The molecule has 204 valence electrons. The topological polar surface area (TPSA) is 125 Å². The van der Waals surface area contributed by atoms with Gasteiger partial charge in [0.05, 0.1) is 28.6 Å². The molecule has 7 rings (SSSR count). The van der Waals surface area contributed by atoms with Crippen LogP contribution in [-0.4, -0.2) is 41.0 Å². The van der Waals surface area contributed by atoms with Crippen molar-refractivity contribution >= 4 is 33.7 Å².